The zero-order valence-corrected chi connectivity index (χ0v) is 17.1. The van der Waals surface area contributed by atoms with Crippen molar-refractivity contribution in [2.45, 2.75) is 45.1 Å². The predicted octanol–water partition coefficient (Wildman–Crippen LogP) is 4.52. The minimum Gasteiger partial charge on any atom is -0.325 e. The number of nitrogens with one attached hydrogen (secondary N) is 2. The number of carbonyl (C=O) groups is 2. The molecule has 4 N–H and O–H groups in total. The number of anilines is 2. The molecule has 6 heteroatoms. The van der Waals surface area contributed by atoms with Crippen LogP contribution in [0, 0.1) is 12.8 Å². The van der Waals surface area contributed by atoms with E-state index in [0.29, 0.717) is 16.9 Å². The van der Waals surface area contributed by atoms with Crippen LogP contribution in [0.15, 0.2) is 48.5 Å². The first-order valence-corrected chi connectivity index (χ1v) is 9.44. The largest absolute Gasteiger partial charge is 0.325 e. The van der Waals surface area contributed by atoms with Gasteiger partial charge in [-0.15, -0.1) is 12.4 Å². The third-order valence-corrected chi connectivity index (χ3v) is 5.45. The van der Waals surface area contributed by atoms with E-state index in [0.717, 1.165) is 31.2 Å². The maximum absolute atomic E-state index is 12.8. The van der Waals surface area contributed by atoms with Crippen LogP contribution in [0.3, 0.4) is 0 Å². The van der Waals surface area contributed by atoms with E-state index in [-0.39, 0.29) is 30.1 Å². The van der Waals surface area contributed by atoms with Gasteiger partial charge in [0.25, 0.3) is 5.91 Å². The Labute approximate surface area is 172 Å². The monoisotopic (exact) mass is 401 g/mol. The van der Waals surface area contributed by atoms with Crippen LogP contribution in [-0.2, 0) is 4.79 Å². The Hall–Kier alpha value is -2.37. The molecule has 0 aromatic heterocycles. The van der Waals surface area contributed by atoms with E-state index in [1.807, 2.05) is 50.2 Å². The van der Waals surface area contributed by atoms with Crippen LogP contribution in [0.25, 0.3) is 0 Å². The van der Waals surface area contributed by atoms with Crippen molar-refractivity contribution in [3.05, 3.63) is 59.7 Å². The molecule has 3 rings (SSSR count). The summed E-state index contributed by atoms with van der Waals surface area (Å²) in [4.78, 5) is 25.2. The van der Waals surface area contributed by atoms with Crippen molar-refractivity contribution < 1.29 is 9.59 Å². The summed E-state index contributed by atoms with van der Waals surface area (Å²) in [6.45, 7) is 3.85. The van der Waals surface area contributed by atoms with Crippen molar-refractivity contribution in [1.29, 1.82) is 0 Å². The molecular weight excluding hydrogens is 374 g/mol. The Morgan fingerprint density at radius 1 is 1.00 bits per heavy atom. The molecule has 0 radical (unpaired) electrons. The molecule has 2 amide bonds. The predicted molar refractivity (Wildman–Crippen MR) is 116 cm³/mol. The molecule has 0 saturated heterocycles. The molecule has 1 saturated carbocycles. The fourth-order valence-corrected chi connectivity index (χ4v) is 3.70. The van der Waals surface area contributed by atoms with E-state index < -0.39 is 5.54 Å². The van der Waals surface area contributed by atoms with Gasteiger partial charge in [0.15, 0.2) is 0 Å². The number of nitrogens with two attached hydrogens (primary N) is 1. The third-order valence-electron chi connectivity index (χ3n) is 5.45. The first-order valence-electron chi connectivity index (χ1n) is 9.44. The van der Waals surface area contributed by atoms with Crippen molar-refractivity contribution in [3.63, 3.8) is 0 Å². The number of hydrogen-bond acceptors (Lipinski definition) is 3. The second-order valence-corrected chi connectivity index (χ2v) is 7.59. The molecule has 0 spiro atoms. The van der Waals surface area contributed by atoms with Gasteiger partial charge in [-0.25, -0.2) is 0 Å². The van der Waals surface area contributed by atoms with Gasteiger partial charge in [-0.05, 0) is 56.5 Å². The lowest BCUT2D eigenvalue weighted by Crippen LogP contribution is -2.51. The summed E-state index contributed by atoms with van der Waals surface area (Å²) in [7, 11) is 0. The Morgan fingerprint density at radius 2 is 1.64 bits per heavy atom. The van der Waals surface area contributed by atoms with E-state index >= 15 is 0 Å². The summed E-state index contributed by atoms with van der Waals surface area (Å²) in [5.74, 6) is -0.424. The summed E-state index contributed by atoms with van der Waals surface area (Å²) in [6.07, 6.45) is 3.76. The molecule has 1 fully saturated rings. The quantitative estimate of drug-likeness (QED) is 0.704. The summed E-state index contributed by atoms with van der Waals surface area (Å²) < 4.78 is 0. The van der Waals surface area contributed by atoms with Gasteiger partial charge in [0.1, 0.15) is 0 Å². The highest BCUT2D eigenvalue weighted by Gasteiger charge is 2.37. The third kappa shape index (κ3) is 4.91. The average molecular weight is 402 g/mol. The lowest BCUT2D eigenvalue weighted by atomic mass is 9.74. The van der Waals surface area contributed by atoms with Gasteiger partial charge in [0.05, 0.1) is 5.92 Å². The zero-order valence-electron chi connectivity index (χ0n) is 16.3. The second-order valence-electron chi connectivity index (χ2n) is 7.59. The number of rotatable bonds is 4. The van der Waals surface area contributed by atoms with Crippen LogP contribution < -0.4 is 16.4 Å². The smallest absolute Gasteiger partial charge is 0.255 e. The fourth-order valence-electron chi connectivity index (χ4n) is 3.70. The summed E-state index contributed by atoms with van der Waals surface area (Å²) >= 11 is 0. The summed E-state index contributed by atoms with van der Waals surface area (Å²) in [5.41, 5.74) is 8.68. The van der Waals surface area contributed by atoms with Crippen LogP contribution in [0.5, 0.6) is 0 Å². The van der Waals surface area contributed by atoms with E-state index in [9.17, 15) is 9.59 Å². The molecule has 5 nitrogen and oxygen atoms in total. The molecule has 0 aliphatic heterocycles. The van der Waals surface area contributed by atoms with E-state index in [1.165, 1.54) is 0 Å². The van der Waals surface area contributed by atoms with E-state index in [2.05, 4.69) is 10.6 Å². The lowest BCUT2D eigenvalue weighted by Gasteiger charge is -2.37. The first kappa shape index (κ1) is 21.9. The maximum Gasteiger partial charge on any atom is 0.255 e. The van der Waals surface area contributed by atoms with Crippen molar-refractivity contribution in [3.8, 4) is 0 Å². The SMILES string of the molecule is Cc1c(NC(=O)c2ccccc2)cccc1NC(=O)C1CCCCC1(C)N.Cl. The molecule has 1 aliphatic carbocycles. The molecule has 0 heterocycles. The van der Waals surface area contributed by atoms with Crippen LogP contribution in [0.4, 0.5) is 11.4 Å². The van der Waals surface area contributed by atoms with Crippen LogP contribution in [-0.4, -0.2) is 17.4 Å². The van der Waals surface area contributed by atoms with Gasteiger partial charge in [-0.1, -0.05) is 37.1 Å². The van der Waals surface area contributed by atoms with Gasteiger partial charge in [-0.3, -0.25) is 9.59 Å². The Kier molecular flexibility index (Phi) is 7.22. The number of amides is 2. The van der Waals surface area contributed by atoms with Crippen LogP contribution in [0.2, 0.25) is 0 Å². The van der Waals surface area contributed by atoms with Gasteiger partial charge >= 0.3 is 0 Å². The Bertz CT molecular complexity index is 837. The van der Waals surface area contributed by atoms with Crippen molar-refractivity contribution in [2.75, 3.05) is 10.6 Å². The highest BCUT2D eigenvalue weighted by atomic mass is 35.5. The highest BCUT2D eigenvalue weighted by molar-refractivity contribution is 6.05. The Balaban J connectivity index is 0.00000280. The van der Waals surface area contributed by atoms with Crippen molar-refractivity contribution >= 4 is 35.6 Å². The first-order chi connectivity index (χ1) is 12.9. The van der Waals surface area contributed by atoms with Crippen molar-refractivity contribution in [1.82, 2.24) is 0 Å². The number of hydrogen-bond donors (Lipinski definition) is 3. The molecular formula is C22H28ClN3O2. The standard InChI is InChI=1S/C22H27N3O2.ClH/c1-15-18(24-20(26)16-9-4-3-5-10-16)12-8-13-19(15)25-21(27)17-11-6-7-14-22(17,2)23;/h3-5,8-10,12-13,17H,6-7,11,14,23H2,1-2H3,(H,24,26)(H,25,27);1H. The molecule has 2 atom stereocenters. The molecule has 1 aliphatic rings. The number of benzene rings is 2. The number of halogens is 1. The fraction of sp³-hybridized carbons (Fsp3) is 0.364. The van der Waals surface area contributed by atoms with Gasteiger partial charge in [-0.2, -0.15) is 0 Å². The van der Waals surface area contributed by atoms with Gasteiger partial charge < -0.3 is 16.4 Å². The molecule has 28 heavy (non-hydrogen) atoms. The molecule has 2 unspecified atom stereocenters. The van der Waals surface area contributed by atoms with Gasteiger partial charge in [0.2, 0.25) is 5.91 Å². The van der Waals surface area contributed by atoms with Crippen LogP contribution in [0.1, 0.15) is 48.5 Å². The van der Waals surface area contributed by atoms with E-state index in [4.69, 9.17) is 5.73 Å². The molecule has 150 valence electrons. The zero-order chi connectivity index (χ0) is 19.4. The van der Waals surface area contributed by atoms with Crippen LogP contribution >= 0.6 is 12.4 Å². The molecule has 2 aromatic carbocycles. The summed E-state index contributed by atoms with van der Waals surface area (Å²) in [6, 6.07) is 14.6. The number of carbonyl (C=O) groups excluding carboxylic acids is 2. The normalized spacial score (nSPS) is 21.3. The highest BCUT2D eigenvalue weighted by Crippen LogP contribution is 2.33. The van der Waals surface area contributed by atoms with Gasteiger partial charge in [0, 0.05) is 22.5 Å². The van der Waals surface area contributed by atoms with E-state index in [1.54, 1.807) is 12.1 Å². The lowest BCUT2D eigenvalue weighted by molar-refractivity contribution is -0.122. The molecule has 2 aromatic rings. The molecule has 0 bridgehead atoms. The van der Waals surface area contributed by atoms with Crippen molar-refractivity contribution in [2.24, 2.45) is 11.7 Å². The Morgan fingerprint density at radius 3 is 2.29 bits per heavy atom. The topological polar surface area (TPSA) is 84.2 Å². The summed E-state index contributed by atoms with van der Waals surface area (Å²) in [5, 5.41) is 5.94. The minimum absolute atomic E-state index is 0. The maximum atomic E-state index is 12.8. The second kappa shape index (κ2) is 9.22. The minimum atomic E-state index is -0.477. The average Bonchev–Trinajstić information content (AvgIpc) is 2.65.